The number of benzene rings is 1. The Morgan fingerprint density at radius 2 is 2.25 bits per heavy atom. The molecule has 0 saturated heterocycles. The van der Waals surface area contributed by atoms with E-state index in [0.717, 1.165) is 11.8 Å². The fraction of sp³-hybridized carbons (Fsp3) is 0.100. The molecular formula is C10H8FN3O2. The van der Waals surface area contributed by atoms with E-state index in [1.165, 1.54) is 23.0 Å². The summed E-state index contributed by atoms with van der Waals surface area (Å²) in [5, 5.41) is 10.8. The molecule has 0 unspecified atom stereocenters. The molecule has 0 fully saturated rings. The summed E-state index contributed by atoms with van der Waals surface area (Å²) < 4.78 is 14.4. The van der Waals surface area contributed by atoms with Crippen LogP contribution in [-0.2, 0) is 0 Å². The first-order valence-electron chi connectivity index (χ1n) is 4.53. The van der Waals surface area contributed by atoms with Gasteiger partial charge in [-0.15, -0.1) is 0 Å². The van der Waals surface area contributed by atoms with Crippen molar-refractivity contribution in [2.75, 3.05) is 0 Å². The van der Waals surface area contributed by atoms with Crippen molar-refractivity contribution in [3.8, 4) is 5.69 Å². The van der Waals surface area contributed by atoms with Gasteiger partial charge < -0.3 is 0 Å². The van der Waals surface area contributed by atoms with Crippen LogP contribution in [0.3, 0.4) is 0 Å². The highest BCUT2D eigenvalue weighted by Gasteiger charge is 2.16. The number of aromatic nitrogens is 2. The molecule has 16 heavy (non-hydrogen) atoms. The number of halogens is 1. The lowest BCUT2D eigenvalue weighted by atomic mass is 10.2. The van der Waals surface area contributed by atoms with Crippen LogP contribution in [0.15, 0.2) is 30.7 Å². The molecule has 0 amide bonds. The highest BCUT2D eigenvalue weighted by molar-refractivity contribution is 5.52. The van der Waals surface area contributed by atoms with Crippen molar-refractivity contribution in [2.24, 2.45) is 0 Å². The van der Waals surface area contributed by atoms with E-state index < -0.39 is 10.7 Å². The SMILES string of the molecule is Cc1cn(-c2ccc(F)cc2[N+](=O)[O-])cn1. The maximum absolute atomic E-state index is 12.9. The van der Waals surface area contributed by atoms with Crippen LogP contribution in [-0.4, -0.2) is 14.5 Å². The number of nitro benzene ring substituents is 1. The van der Waals surface area contributed by atoms with Crippen LogP contribution in [0.4, 0.5) is 10.1 Å². The van der Waals surface area contributed by atoms with Crippen LogP contribution in [0.25, 0.3) is 5.69 Å². The first kappa shape index (κ1) is 10.3. The fourth-order valence-corrected chi connectivity index (χ4v) is 1.41. The summed E-state index contributed by atoms with van der Waals surface area (Å²) in [7, 11) is 0. The maximum atomic E-state index is 12.9. The second kappa shape index (κ2) is 3.73. The Morgan fingerprint density at radius 3 is 2.81 bits per heavy atom. The molecule has 1 aromatic heterocycles. The average Bonchev–Trinajstić information content (AvgIpc) is 2.64. The molecule has 5 nitrogen and oxygen atoms in total. The third-order valence-electron chi connectivity index (χ3n) is 2.12. The molecule has 0 radical (unpaired) electrons. The minimum Gasteiger partial charge on any atom is -0.300 e. The molecule has 0 atom stereocenters. The van der Waals surface area contributed by atoms with Gasteiger partial charge in [0.05, 0.1) is 23.0 Å². The van der Waals surface area contributed by atoms with E-state index in [-0.39, 0.29) is 5.69 Å². The van der Waals surface area contributed by atoms with E-state index >= 15 is 0 Å². The van der Waals surface area contributed by atoms with Crippen molar-refractivity contribution in [3.63, 3.8) is 0 Å². The van der Waals surface area contributed by atoms with E-state index in [2.05, 4.69) is 4.98 Å². The molecule has 2 rings (SSSR count). The number of aryl methyl sites for hydroxylation is 1. The molecular weight excluding hydrogens is 213 g/mol. The second-order valence-electron chi connectivity index (χ2n) is 3.31. The Bertz CT molecular complexity index is 551. The number of imidazole rings is 1. The Balaban J connectivity index is 2.60. The topological polar surface area (TPSA) is 61.0 Å². The Kier molecular flexibility index (Phi) is 2.40. The lowest BCUT2D eigenvalue weighted by Gasteiger charge is -2.02. The summed E-state index contributed by atoms with van der Waals surface area (Å²) in [5.41, 5.74) is 0.753. The number of rotatable bonds is 2. The molecule has 6 heteroatoms. The van der Waals surface area contributed by atoms with E-state index in [4.69, 9.17) is 0 Å². The van der Waals surface area contributed by atoms with Crippen LogP contribution >= 0.6 is 0 Å². The minimum absolute atomic E-state index is 0.280. The van der Waals surface area contributed by atoms with E-state index in [1.54, 1.807) is 13.1 Å². The van der Waals surface area contributed by atoms with Crippen molar-refractivity contribution in [1.29, 1.82) is 0 Å². The molecule has 1 heterocycles. The molecule has 0 aliphatic rings. The Labute approximate surface area is 90.3 Å². The van der Waals surface area contributed by atoms with Gasteiger partial charge in [-0.1, -0.05) is 0 Å². The Hall–Kier alpha value is -2.24. The number of nitrogens with zero attached hydrogens (tertiary/aromatic N) is 3. The molecule has 0 bridgehead atoms. The zero-order chi connectivity index (χ0) is 11.7. The van der Waals surface area contributed by atoms with E-state index in [9.17, 15) is 14.5 Å². The van der Waals surface area contributed by atoms with Gasteiger partial charge in [0.25, 0.3) is 5.69 Å². The molecule has 1 aromatic carbocycles. The molecule has 82 valence electrons. The summed E-state index contributed by atoms with van der Waals surface area (Å²) in [5.74, 6) is -0.632. The van der Waals surface area contributed by atoms with Crippen LogP contribution in [0, 0.1) is 22.9 Å². The van der Waals surface area contributed by atoms with Gasteiger partial charge in [0, 0.05) is 6.20 Å². The van der Waals surface area contributed by atoms with Gasteiger partial charge >= 0.3 is 0 Å². The van der Waals surface area contributed by atoms with Crippen molar-refractivity contribution in [3.05, 3.63) is 52.3 Å². The molecule has 0 spiro atoms. The minimum atomic E-state index is -0.632. The van der Waals surface area contributed by atoms with Gasteiger partial charge in [-0.3, -0.25) is 14.7 Å². The van der Waals surface area contributed by atoms with Crippen molar-refractivity contribution in [2.45, 2.75) is 6.92 Å². The van der Waals surface area contributed by atoms with Crippen LogP contribution in [0.2, 0.25) is 0 Å². The van der Waals surface area contributed by atoms with Crippen molar-refractivity contribution >= 4 is 5.69 Å². The smallest absolute Gasteiger partial charge is 0.296 e. The van der Waals surface area contributed by atoms with Gasteiger partial charge in [-0.05, 0) is 19.1 Å². The van der Waals surface area contributed by atoms with Gasteiger partial charge in [-0.25, -0.2) is 9.37 Å². The predicted octanol–water partition coefficient (Wildman–Crippen LogP) is 2.23. The third-order valence-corrected chi connectivity index (χ3v) is 2.12. The molecule has 0 aliphatic heterocycles. The molecule has 2 aromatic rings. The van der Waals surface area contributed by atoms with Gasteiger partial charge in [0.2, 0.25) is 0 Å². The summed E-state index contributed by atoms with van der Waals surface area (Å²) in [6, 6.07) is 3.43. The number of nitro groups is 1. The molecule has 0 aliphatic carbocycles. The second-order valence-corrected chi connectivity index (χ2v) is 3.31. The lowest BCUT2D eigenvalue weighted by molar-refractivity contribution is -0.384. The summed E-state index contributed by atoms with van der Waals surface area (Å²) in [4.78, 5) is 14.1. The number of hydrogen-bond acceptors (Lipinski definition) is 3. The summed E-state index contributed by atoms with van der Waals surface area (Å²) in [6.07, 6.45) is 3.09. The summed E-state index contributed by atoms with van der Waals surface area (Å²) >= 11 is 0. The maximum Gasteiger partial charge on any atom is 0.296 e. The Morgan fingerprint density at radius 1 is 1.50 bits per heavy atom. The lowest BCUT2D eigenvalue weighted by Crippen LogP contribution is -1.98. The highest BCUT2D eigenvalue weighted by atomic mass is 19.1. The van der Waals surface area contributed by atoms with E-state index in [0.29, 0.717) is 5.69 Å². The highest BCUT2D eigenvalue weighted by Crippen LogP contribution is 2.23. The van der Waals surface area contributed by atoms with Crippen LogP contribution in [0.1, 0.15) is 5.69 Å². The zero-order valence-corrected chi connectivity index (χ0v) is 8.42. The molecule has 0 N–H and O–H groups in total. The largest absolute Gasteiger partial charge is 0.300 e. The number of hydrogen-bond donors (Lipinski definition) is 0. The van der Waals surface area contributed by atoms with Crippen LogP contribution < -0.4 is 0 Å². The first-order chi connectivity index (χ1) is 7.58. The normalized spacial score (nSPS) is 10.4. The van der Waals surface area contributed by atoms with Crippen molar-refractivity contribution in [1.82, 2.24) is 9.55 Å². The first-order valence-corrected chi connectivity index (χ1v) is 4.53. The van der Waals surface area contributed by atoms with Gasteiger partial charge in [0.1, 0.15) is 11.5 Å². The predicted molar refractivity (Wildman–Crippen MR) is 54.9 cm³/mol. The van der Waals surface area contributed by atoms with E-state index in [1.807, 2.05) is 0 Å². The third kappa shape index (κ3) is 1.77. The molecule has 0 saturated carbocycles. The zero-order valence-electron chi connectivity index (χ0n) is 8.42. The quantitative estimate of drug-likeness (QED) is 0.577. The van der Waals surface area contributed by atoms with Crippen molar-refractivity contribution < 1.29 is 9.31 Å². The standard InChI is InChI=1S/C10H8FN3O2/c1-7-5-13(6-12-7)9-3-2-8(11)4-10(9)14(15)16/h2-6H,1H3. The summed E-state index contributed by atoms with van der Waals surface area (Å²) in [6.45, 7) is 1.77. The van der Waals surface area contributed by atoms with Gasteiger partial charge in [0.15, 0.2) is 0 Å². The van der Waals surface area contributed by atoms with Crippen LogP contribution in [0.5, 0.6) is 0 Å². The average molecular weight is 221 g/mol. The monoisotopic (exact) mass is 221 g/mol. The van der Waals surface area contributed by atoms with Gasteiger partial charge in [-0.2, -0.15) is 0 Å². The fourth-order valence-electron chi connectivity index (χ4n) is 1.41.